The van der Waals surface area contributed by atoms with Gasteiger partial charge in [0.05, 0.1) is 6.04 Å². The molecule has 1 fully saturated rings. The minimum absolute atomic E-state index is 0.0656. The molecule has 1 rings (SSSR count). The highest BCUT2D eigenvalue weighted by Crippen LogP contribution is 2.16. The summed E-state index contributed by atoms with van der Waals surface area (Å²) in [5.74, 6) is -0.307. The zero-order valence-corrected chi connectivity index (χ0v) is 6.89. The Bertz CT molecular complexity index is 189. The highest BCUT2D eigenvalue weighted by molar-refractivity contribution is 5.87. The molecule has 3 nitrogen and oxygen atoms in total. The Kier molecular flexibility index (Phi) is 2.29. The van der Waals surface area contributed by atoms with Crippen LogP contribution in [-0.2, 0) is 9.53 Å². The molecule has 0 spiro atoms. The van der Waals surface area contributed by atoms with E-state index < -0.39 is 0 Å². The molecule has 0 radical (unpaired) electrons. The summed E-state index contributed by atoms with van der Waals surface area (Å²) in [5.41, 5.74) is 0.452. The summed E-state index contributed by atoms with van der Waals surface area (Å²) in [6, 6.07) is 0.360. The van der Waals surface area contributed by atoms with Crippen LogP contribution in [0, 0.1) is 0 Å². The number of ether oxygens (including phenoxy) is 1. The van der Waals surface area contributed by atoms with E-state index in [4.69, 9.17) is 4.74 Å². The van der Waals surface area contributed by atoms with Crippen molar-refractivity contribution in [2.45, 2.75) is 32.5 Å². The lowest BCUT2D eigenvalue weighted by molar-refractivity contribution is -0.140. The number of rotatable bonds is 3. The first-order valence-electron chi connectivity index (χ1n) is 3.77. The zero-order chi connectivity index (χ0) is 8.43. The smallest absolute Gasteiger partial charge is 0.334 e. The molecule has 0 aliphatic carbocycles. The zero-order valence-electron chi connectivity index (χ0n) is 6.89. The van der Waals surface area contributed by atoms with E-state index in [0.29, 0.717) is 11.6 Å². The lowest BCUT2D eigenvalue weighted by atomic mass is 10.3. The monoisotopic (exact) mass is 155 g/mol. The van der Waals surface area contributed by atoms with Gasteiger partial charge in [0.2, 0.25) is 0 Å². The van der Waals surface area contributed by atoms with E-state index >= 15 is 0 Å². The summed E-state index contributed by atoms with van der Waals surface area (Å²) < 4.78 is 4.98. The summed E-state index contributed by atoms with van der Waals surface area (Å²) in [6.45, 7) is 7.18. The van der Waals surface area contributed by atoms with E-state index in [9.17, 15) is 4.79 Å². The van der Waals surface area contributed by atoms with Crippen LogP contribution in [-0.4, -0.2) is 18.2 Å². The van der Waals surface area contributed by atoms with Crippen LogP contribution in [0.3, 0.4) is 0 Å². The number of esters is 1. The lowest BCUT2D eigenvalue weighted by Crippen LogP contribution is -2.10. The third-order valence-electron chi connectivity index (χ3n) is 1.66. The molecule has 1 heterocycles. The summed E-state index contributed by atoms with van der Waals surface area (Å²) in [6.07, 6.45) is 0.929. The fourth-order valence-electron chi connectivity index (χ4n) is 0.819. The predicted molar refractivity (Wildman–Crippen MR) is 41.9 cm³/mol. The third-order valence-corrected chi connectivity index (χ3v) is 1.66. The lowest BCUT2D eigenvalue weighted by Gasteiger charge is -1.99. The number of hydrogen-bond donors (Lipinski definition) is 1. The van der Waals surface area contributed by atoms with Gasteiger partial charge >= 0.3 is 5.97 Å². The van der Waals surface area contributed by atoms with Crippen LogP contribution in [0.25, 0.3) is 0 Å². The van der Waals surface area contributed by atoms with Crippen molar-refractivity contribution in [2.75, 3.05) is 0 Å². The number of hydrogen-bond acceptors (Lipinski definition) is 3. The van der Waals surface area contributed by atoms with Gasteiger partial charge in [0, 0.05) is 5.57 Å². The molecule has 1 aliphatic heterocycles. The fourth-order valence-corrected chi connectivity index (χ4v) is 0.819. The molecule has 0 aromatic rings. The van der Waals surface area contributed by atoms with Crippen LogP contribution in [0.4, 0.5) is 0 Å². The average Bonchev–Trinajstić information content (AvgIpc) is 2.67. The second kappa shape index (κ2) is 3.05. The third kappa shape index (κ3) is 2.05. The number of nitrogens with one attached hydrogen (secondary N) is 1. The largest absolute Gasteiger partial charge is 0.442 e. The van der Waals surface area contributed by atoms with Crippen LogP contribution in [0.1, 0.15) is 20.3 Å². The predicted octanol–water partition coefficient (Wildman–Crippen LogP) is 0.814. The Hall–Kier alpha value is -0.830. The van der Waals surface area contributed by atoms with Crippen molar-refractivity contribution in [1.82, 2.24) is 5.32 Å². The van der Waals surface area contributed by atoms with Crippen LogP contribution in [0.2, 0.25) is 0 Å². The second-order valence-electron chi connectivity index (χ2n) is 2.79. The van der Waals surface area contributed by atoms with E-state index in [0.717, 1.165) is 6.42 Å². The van der Waals surface area contributed by atoms with Crippen molar-refractivity contribution in [3.63, 3.8) is 0 Å². The highest BCUT2D eigenvalue weighted by atomic mass is 16.6. The van der Waals surface area contributed by atoms with Gasteiger partial charge in [-0.15, -0.1) is 0 Å². The van der Waals surface area contributed by atoms with Gasteiger partial charge in [-0.3, -0.25) is 5.32 Å². The van der Waals surface area contributed by atoms with Crippen molar-refractivity contribution in [3.8, 4) is 0 Å². The standard InChI is InChI=1S/C8H13NO2/c1-4-6-7(9-6)11-8(10)5(2)3/h6-7,9H,2,4H2,1,3H3. The second-order valence-corrected chi connectivity index (χ2v) is 2.79. The Morgan fingerprint density at radius 3 is 2.73 bits per heavy atom. The first-order chi connectivity index (χ1) is 5.15. The minimum Gasteiger partial charge on any atom is -0.442 e. The molecule has 62 valence electrons. The molecule has 2 unspecified atom stereocenters. The number of carbonyl (C=O) groups is 1. The Labute approximate surface area is 66.4 Å². The molecule has 0 saturated carbocycles. The van der Waals surface area contributed by atoms with Gasteiger partial charge in [-0.05, 0) is 13.3 Å². The molecule has 1 aliphatic rings. The van der Waals surface area contributed by atoms with Crippen LogP contribution < -0.4 is 5.32 Å². The Morgan fingerprint density at radius 2 is 2.36 bits per heavy atom. The van der Waals surface area contributed by atoms with Gasteiger partial charge in [-0.2, -0.15) is 0 Å². The Balaban J connectivity index is 2.23. The molecule has 11 heavy (non-hydrogen) atoms. The fraction of sp³-hybridized carbons (Fsp3) is 0.625. The Morgan fingerprint density at radius 1 is 1.73 bits per heavy atom. The van der Waals surface area contributed by atoms with E-state index in [2.05, 4.69) is 11.9 Å². The number of carbonyl (C=O) groups excluding carboxylic acids is 1. The normalized spacial score (nSPS) is 27.8. The minimum atomic E-state index is -0.307. The van der Waals surface area contributed by atoms with E-state index in [-0.39, 0.29) is 12.2 Å². The molecule has 3 heteroatoms. The van der Waals surface area contributed by atoms with E-state index in [1.165, 1.54) is 0 Å². The van der Waals surface area contributed by atoms with E-state index in [1.807, 2.05) is 6.92 Å². The summed E-state index contributed by atoms with van der Waals surface area (Å²) in [4.78, 5) is 10.9. The highest BCUT2D eigenvalue weighted by Gasteiger charge is 2.37. The molecule has 0 amide bonds. The molecular formula is C8H13NO2. The van der Waals surface area contributed by atoms with Crippen molar-refractivity contribution < 1.29 is 9.53 Å². The summed E-state index contributed by atoms with van der Waals surface area (Å²) in [5, 5.41) is 3.02. The van der Waals surface area contributed by atoms with Gasteiger partial charge < -0.3 is 4.74 Å². The maximum atomic E-state index is 10.9. The molecule has 1 saturated heterocycles. The van der Waals surface area contributed by atoms with Gasteiger partial charge in [0.15, 0.2) is 6.23 Å². The van der Waals surface area contributed by atoms with Gasteiger partial charge in [0.1, 0.15) is 0 Å². The van der Waals surface area contributed by atoms with Gasteiger partial charge in [-0.25, -0.2) is 4.79 Å². The SMILES string of the molecule is C=C(C)C(=O)OC1NC1CC. The summed E-state index contributed by atoms with van der Waals surface area (Å²) >= 11 is 0. The quantitative estimate of drug-likeness (QED) is 0.373. The van der Waals surface area contributed by atoms with Crippen molar-refractivity contribution in [1.29, 1.82) is 0 Å². The first kappa shape index (κ1) is 8.27. The van der Waals surface area contributed by atoms with Gasteiger partial charge in [-0.1, -0.05) is 13.5 Å². The average molecular weight is 155 g/mol. The topological polar surface area (TPSA) is 48.2 Å². The molecule has 2 atom stereocenters. The van der Waals surface area contributed by atoms with Crippen molar-refractivity contribution in [3.05, 3.63) is 12.2 Å². The molecule has 0 bridgehead atoms. The first-order valence-corrected chi connectivity index (χ1v) is 3.77. The van der Waals surface area contributed by atoms with Crippen LogP contribution in [0.15, 0.2) is 12.2 Å². The molecular weight excluding hydrogens is 142 g/mol. The molecule has 0 aromatic heterocycles. The van der Waals surface area contributed by atoms with Gasteiger partial charge in [0.25, 0.3) is 0 Å². The molecule has 1 N–H and O–H groups in total. The van der Waals surface area contributed by atoms with Crippen molar-refractivity contribution in [2.24, 2.45) is 0 Å². The van der Waals surface area contributed by atoms with E-state index in [1.54, 1.807) is 6.92 Å². The van der Waals surface area contributed by atoms with Crippen LogP contribution in [0.5, 0.6) is 0 Å². The van der Waals surface area contributed by atoms with Crippen molar-refractivity contribution >= 4 is 5.97 Å². The maximum Gasteiger partial charge on any atom is 0.334 e. The molecule has 0 aromatic carbocycles. The van der Waals surface area contributed by atoms with Crippen LogP contribution >= 0.6 is 0 Å². The summed E-state index contributed by atoms with van der Waals surface area (Å²) in [7, 11) is 0. The maximum absolute atomic E-state index is 10.9.